The molecule has 1 aromatic carbocycles. The standard InChI is InChI=1S/C15H19F3O7S/c1-9(2)14(23-3)25-12-8-10(4-5-11(12)15(16,17)18)13(19)24-6-7-26(20,21)22/h4-5,8-9,14H,6-7H2,1-3H3,(H,20,21,22). The average molecular weight is 400 g/mol. The van der Waals surface area contributed by atoms with E-state index in [1.165, 1.54) is 7.11 Å². The Bertz CT molecular complexity index is 729. The van der Waals surface area contributed by atoms with Gasteiger partial charge in [-0.2, -0.15) is 21.6 Å². The fraction of sp³-hybridized carbons (Fsp3) is 0.533. The monoisotopic (exact) mass is 400 g/mol. The molecule has 0 bridgehead atoms. The van der Waals surface area contributed by atoms with E-state index in [4.69, 9.17) is 14.0 Å². The fourth-order valence-corrected chi connectivity index (χ4v) is 2.18. The third kappa shape index (κ3) is 6.81. The van der Waals surface area contributed by atoms with Crippen molar-refractivity contribution in [3.63, 3.8) is 0 Å². The minimum atomic E-state index is -4.72. The van der Waals surface area contributed by atoms with Gasteiger partial charge < -0.3 is 14.2 Å². The fourth-order valence-electron chi connectivity index (χ4n) is 1.89. The Hall–Kier alpha value is -1.85. The number of esters is 1. The van der Waals surface area contributed by atoms with Crippen LogP contribution in [0.2, 0.25) is 0 Å². The second kappa shape index (κ2) is 8.69. The number of carbonyl (C=O) groups excluding carboxylic acids is 1. The summed E-state index contributed by atoms with van der Waals surface area (Å²) in [6.45, 7) is 2.70. The smallest absolute Gasteiger partial charge is 0.419 e. The van der Waals surface area contributed by atoms with Gasteiger partial charge in [0.25, 0.3) is 10.1 Å². The number of rotatable bonds is 8. The van der Waals surface area contributed by atoms with Gasteiger partial charge in [0.1, 0.15) is 18.1 Å². The van der Waals surface area contributed by atoms with Gasteiger partial charge in [0, 0.05) is 13.0 Å². The van der Waals surface area contributed by atoms with Crippen LogP contribution in [0.3, 0.4) is 0 Å². The van der Waals surface area contributed by atoms with Crippen molar-refractivity contribution in [1.29, 1.82) is 0 Å². The van der Waals surface area contributed by atoms with E-state index < -0.39 is 52.2 Å². The molecule has 1 unspecified atom stereocenters. The van der Waals surface area contributed by atoms with Crippen LogP contribution in [0, 0.1) is 5.92 Å². The molecule has 1 rings (SSSR count). The van der Waals surface area contributed by atoms with Crippen LogP contribution >= 0.6 is 0 Å². The molecule has 0 radical (unpaired) electrons. The van der Waals surface area contributed by atoms with Gasteiger partial charge in [-0.1, -0.05) is 13.8 Å². The van der Waals surface area contributed by atoms with Gasteiger partial charge in [-0.15, -0.1) is 0 Å². The summed E-state index contributed by atoms with van der Waals surface area (Å²) in [4.78, 5) is 11.9. The van der Waals surface area contributed by atoms with Gasteiger partial charge in [0.2, 0.25) is 6.29 Å². The zero-order valence-electron chi connectivity index (χ0n) is 14.2. The maximum atomic E-state index is 13.1. The number of methoxy groups -OCH3 is 1. The predicted octanol–water partition coefficient (Wildman–Crippen LogP) is 2.76. The molecule has 0 saturated carbocycles. The Balaban J connectivity index is 3.09. The maximum absolute atomic E-state index is 13.1. The molecule has 0 aromatic heterocycles. The van der Waals surface area contributed by atoms with Crippen molar-refractivity contribution >= 4 is 16.1 Å². The molecule has 0 heterocycles. The molecule has 0 aliphatic carbocycles. The summed E-state index contributed by atoms with van der Waals surface area (Å²) in [5.41, 5.74) is -1.38. The normalized spacial score (nSPS) is 13.5. The largest absolute Gasteiger partial charge is 0.464 e. The Morgan fingerprint density at radius 3 is 2.35 bits per heavy atom. The highest BCUT2D eigenvalue weighted by Gasteiger charge is 2.36. The third-order valence-electron chi connectivity index (χ3n) is 3.12. The van der Waals surface area contributed by atoms with Gasteiger partial charge in [-0.3, -0.25) is 4.55 Å². The summed E-state index contributed by atoms with van der Waals surface area (Å²) in [7, 11) is -3.06. The highest BCUT2D eigenvalue weighted by atomic mass is 32.2. The molecular weight excluding hydrogens is 381 g/mol. The molecule has 0 aliphatic rings. The van der Waals surface area contributed by atoms with Crippen LogP contribution in [-0.4, -0.2) is 44.7 Å². The number of benzene rings is 1. The van der Waals surface area contributed by atoms with Gasteiger partial charge in [-0.25, -0.2) is 4.79 Å². The van der Waals surface area contributed by atoms with E-state index in [-0.39, 0.29) is 11.5 Å². The van der Waals surface area contributed by atoms with E-state index in [0.29, 0.717) is 6.07 Å². The van der Waals surface area contributed by atoms with Crippen molar-refractivity contribution < 1.29 is 45.1 Å². The minimum Gasteiger partial charge on any atom is -0.464 e. The Labute approximate surface area is 148 Å². The van der Waals surface area contributed by atoms with Crippen LogP contribution < -0.4 is 4.74 Å². The molecule has 11 heteroatoms. The zero-order valence-corrected chi connectivity index (χ0v) is 15.1. The van der Waals surface area contributed by atoms with Crippen LogP contribution in [0.5, 0.6) is 5.75 Å². The van der Waals surface area contributed by atoms with E-state index in [0.717, 1.165) is 12.1 Å². The second-order valence-electron chi connectivity index (χ2n) is 5.60. The van der Waals surface area contributed by atoms with Crippen molar-refractivity contribution in [2.75, 3.05) is 19.5 Å². The van der Waals surface area contributed by atoms with Crippen LogP contribution in [-0.2, 0) is 25.8 Å². The number of hydrogen-bond donors (Lipinski definition) is 1. The molecule has 26 heavy (non-hydrogen) atoms. The summed E-state index contributed by atoms with van der Waals surface area (Å²) in [5, 5.41) is 0. The first kappa shape index (κ1) is 22.2. The summed E-state index contributed by atoms with van der Waals surface area (Å²) < 4.78 is 84.0. The topological polar surface area (TPSA) is 99.1 Å². The number of alkyl halides is 3. The average Bonchev–Trinajstić information content (AvgIpc) is 2.49. The summed E-state index contributed by atoms with van der Waals surface area (Å²) >= 11 is 0. The lowest BCUT2D eigenvalue weighted by Crippen LogP contribution is -2.26. The van der Waals surface area contributed by atoms with Crippen molar-refractivity contribution in [2.24, 2.45) is 5.92 Å². The number of ether oxygens (including phenoxy) is 3. The van der Waals surface area contributed by atoms with Gasteiger partial charge >= 0.3 is 12.1 Å². The first-order valence-corrected chi connectivity index (χ1v) is 8.99. The number of halogens is 3. The van der Waals surface area contributed by atoms with Crippen molar-refractivity contribution in [2.45, 2.75) is 26.3 Å². The van der Waals surface area contributed by atoms with Gasteiger partial charge in [0.15, 0.2) is 0 Å². The van der Waals surface area contributed by atoms with E-state index in [1.807, 2.05) is 0 Å². The summed E-state index contributed by atoms with van der Waals surface area (Å²) in [6, 6.07) is 2.37. The maximum Gasteiger partial charge on any atom is 0.419 e. The summed E-state index contributed by atoms with van der Waals surface area (Å²) in [6.07, 6.45) is -5.71. The molecule has 0 spiro atoms. The molecule has 0 aliphatic heterocycles. The number of hydrogen-bond acceptors (Lipinski definition) is 6. The van der Waals surface area contributed by atoms with Crippen LogP contribution in [0.15, 0.2) is 18.2 Å². The molecule has 1 aromatic rings. The lowest BCUT2D eigenvalue weighted by molar-refractivity contribution is -0.143. The molecule has 0 amide bonds. The lowest BCUT2D eigenvalue weighted by atomic mass is 10.1. The van der Waals surface area contributed by atoms with E-state index >= 15 is 0 Å². The van der Waals surface area contributed by atoms with E-state index in [9.17, 15) is 26.4 Å². The van der Waals surface area contributed by atoms with Crippen molar-refractivity contribution in [3.8, 4) is 5.75 Å². The molecule has 7 nitrogen and oxygen atoms in total. The van der Waals surface area contributed by atoms with Crippen LogP contribution in [0.1, 0.15) is 29.8 Å². The Kier molecular flexibility index (Phi) is 7.42. The minimum absolute atomic E-state index is 0.272. The lowest BCUT2D eigenvalue weighted by Gasteiger charge is -2.23. The van der Waals surface area contributed by atoms with E-state index in [2.05, 4.69) is 4.74 Å². The predicted molar refractivity (Wildman–Crippen MR) is 84.4 cm³/mol. The summed E-state index contributed by atoms with van der Waals surface area (Å²) in [5.74, 6) is -2.79. The van der Waals surface area contributed by atoms with Crippen molar-refractivity contribution in [1.82, 2.24) is 0 Å². The molecule has 0 fully saturated rings. The highest BCUT2D eigenvalue weighted by molar-refractivity contribution is 7.85. The molecule has 0 saturated heterocycles. The Morgan fingerprint density at radius 2 is 1.88 bits per heavy atom. The number of carbonyl (C=O) groups is 1. The highest BCUT2D eigenvalue weighted by Crippen LogP contribution is 2.37. The molecule has 1 atom stereocenters. The molecule has 148 valence electrons. The first-order valence-electron chi connectivity index (χ1n) is 7.38. The van der Waals surface area contributed by atoms with Gasteiger partial charge in [0.05, 0.1) is 11.1 Å². The Morgan fingerprint density at radius 1 is 1.27 bits per heavy atom. The van der Waals surface area contributed by atoms with E-state index in [1.54, 1.807) is 13.8 Å². The molecular formula is C15H19F3O7S. The quantitative estimate of drug-likeness (QED) is 0.407. The van der Waals surface area contributed by atoms with Crippen LogP contribution in [0.25, 0.3) is 0 Å². The second-order valence-corrected chi connectivity index (χ2v) is 7.17. The SMILES string of the molecule is COC(Oc1cc(C(=O)OCCS(=O)(=O)O)ccc1C(F)(F)F)C(C)C. The van der Waals surface area contributed by atoms with Crippen molar-refractivity contribution in [3.05, 3.63) is 29.3 Å². The zero-order chi connectivity index (χ0) is 20.1. The molecule has 1 N–H and O–H groups in total. The third-order valence-corrected chi connectivity index (χ3v) is 3.80. The van der Waals surface area contributed by atoms with Gasteiger partial charge in [-0.05, 0) is 18.2 Å². The first-order chi connectivity index (χ1) is 11.8. The van der Waals surface area contributed by atoms with Crippen LogP contribution in [0.4, 0.5) is 13.2 Å².